The quantitative estimate of drug-likeness (QED) is 0.939. The number of hydrogen-bond acceptors (Lipinski definition) is 4. The van der Waals surface area contributed by atoms with Crippen LogP contribution in [0.5, 0.6) is 0 Å². The molecule has 1 saturated heterocycles. The predicted octanol–water partition coefficient (Wildman–Crippen LogP) is 3.43. The second-order valence-electron chi connectivity index (χ2n) is 7.03. The third-order valence-electron chi connectivity index (χ3n) is 4.09. The van der Waals surface area contributed by atoms with E-state index < -0.39 is 0 Å². The van der Waals surface area contributed by atoms with Crippen LogP contribution in [0.2, 0.25) is 0 Å². The van der Waals surface area contributed by atoms with Gasteiger partial charge in [-0.05, 0) is 58.2 Å². The van der Waals surface area contributed by atoms with E-state index >= 15 is 0 Å². The van der Waals surface area contributed by atoms with E-state index in [1.54, 1.807) is 0 Å². The van der Waals surface area contributed by atoms with Gasteiger partial charge in [0.05, 0.1) is 0 Å². The van der Waals surface area contributed by atoms with Crippen LogP contribution in [0.25, 0.3) is 11.1 Å². The maximum atomic E-state index is 5.86. The Morgan fingerprint density at radius 3 is 2.62 bits per heavy atom. The molecular weight excluding hydrogens is 262 g/mol. The number of fused-ring (bicyclic) bond motifs is 1. The molecule has 1 aliphatic heterocycles. The summed E-state index contributed by atoms with van der Waals surface area (Å²) >= 11 is 0. The van der Waals surface area contributed by atoms with Gasteiger partial charge in [0.1, 0.15) is 5.52 Å². The number of nitrogens with one attached hydrogen (secondary N) is 1. The van der Waals surface area contributed by atoms with E-state index in [0.29, 0.717) is 0 Å². The van der Waals surface area contributed by atoms with Crippen molar-refractivity contribution in [2.45, 2.75) is 39.2 Å². The molecule has 0 atom stereocenters. The van der Waals surface area contributed by atoms with Crippen LogP contribution in [0.1, 0.15) is 33.6 Å². The zero-order valence-electron chi connectivity index (χ0n) is 13.2. The highest BCUT2D eigenvalue weighted by Gasteiger charge is 2.23. The Labute approximate surface area is 126 Å². The zero-order valence-corrected chi connectivity index (χ0v) is 13.2. The SMILES string of the molecule is CC(C)(C)NCC1CCN(c2nc3ccccc3o2)CC1. The van der Waals surface area contributed by atoms with Gasteiger partial charge in [0, 0.05) is 18.6 Å². The Kier molecular flexibility index (Phi) is 3.89. The van der Waals surface area contributed by atoms with E-state index in [0.717, 1.165) is 42.7 Å². The number of aromatic nitrogens is 1. The van der Waals surface area contributed by atoms with Gasteiger partial charge in [0.25, 0.3) is 6.01 Å². The largest absolute Gasteiger partial charge is 0.423 e. The van der Waals surface area contributed by atoms with Gasteiger partial charge in [-0.3, -0.25) is 0 Å². The van der Waals surface area contributed by atoms with Crippen LogP contribution in [-0.4, -0.2) is 30.2 Å². The van der Waals surface area contributed by atoms with Crippen LogP contribution < -0.4 is 10.2 Å². The van der Waals surface area contributed by atoms with Crippen molar-refractivity contribution in [1.29, 1.82) is 0 Å². The molecule has 1 aromatic heterocycles. The number of nitrogens with zero attached hydrogens (tertiary/aromatic N) is 2. The number of piperidine rings is 1. The first-order valence-corrected chi connectivity index (χ1v) is 7.87. The summed E-state index contributed by atoms with van der Waals surface area (Å²) in [6, 6.07) is 8.74. The van der Waals surface area contributed by atoms with Crippen LogP contribution in [0.3, 0.4) is 0 Å². The van der Waals surface area contributed by atoms with Crippen molar-refractivity contribution in [2.24, 2.45) is 5.92 Å². The monoisotopic (exact) mass is 287 g/mol. The molecule has 0 saturated carbocycles. The Balaban J connectivity index is 1.58. The first kappa shape index (κ1) is 14.4. The fraction of sp³-hybridized carbons (Fsp3) is 0.588. The third-order valence-corrected chi connectivity index (χ3v) is 4.09. The molecule has 2 aromatic rings. The molecule has 0 bridgehead atoms. The van der Waals surface area contributed by atoms with E-state index in [4.69, 9.17) is 4.42 Å². The first-order chi connectivity index (χ1) is 10.0. The van der Waals surface area contributed by atoms with E-state index in [9.17, 15) is 0 Å². The second kappa shape index (κ2) is 5.68. The van der Waals surface area contributed by atoms with Crippen LogP contribution >= 0.6 is 0 Å². The zero-order chi connectivity index (χ0) is 14.9. The number of anilines is 1. The van der Waals surface area contributed by atoms with E-state index in [1.807, 2.05) is 24.3 Å². The van der Waals surface area contributed by atoms with Crippen molar-refractivity contribution in [3.8, 4) is 0 Å². The van der Waals surface area contributed by atoms with Crippen molar-refractivity contribution >= 4 is 17.1 Å². The molecule has 4 nitrogen and oxygen atoms in total. The summed E-state index contributed by atoms with van der Waals surface area (Å²) in [5.41, 5.74) is 2.03. The summed E-state index contributed by atoms with van der Waals surface area (Å²) in [5.74, 6) is 0.754. The first-order valence-electron chi connectivity index (χ1n) is 7.87. The molecule has 0 unspecified atom stereocenters. The van der Waals surface area contributed by atoms with Crippen LogP contribution in [0.4, 0.5) is 6.01 Å². The average molecular weight is 287 g/mol. The molecule has 114 valence electrons. The minimum Gasteiger partial charge on any atom is -0.423 e. The number of rotatable bonds is 3. The predicted molar refractivity (Wildman–Crippen MR) is 86.7 cm³/mol. The highest BCUT2D eigenvalue weighted by molar-refractivity contribution is 5.74. The topological polar surface area (TPSA) is 41.3 Å². The minimum atomic E-state index is 0.206. The van der Waals surface area contributed by atoms with Crippen molar-refractivity contribution < 1.29 is 4.42 Å². The van der Waals surface area contributed by atoms with Crippen LogP contribution in [-0.2, 0) is 0 Å². The lowest BCUT2D eigenvalue weighted by Gasteiger charge is -2.32. The summed E-state index contributed by atoms with van der Waals surface area (Å²) < 4.78 is 5.86. The van der Waals surface area contributed by atoms with Crippen molar-refractivity contribution in [1.82, 2.24) is 10.3 Å². The van der Waals surface area contributed by atoms with Crippen molar-refractivity contribution in [3.63, 3.8) is 0 Å². The summed E-state index contributed by atoms with van der Waals surface area (Å²) in [5, 5.41) is 3.61. The van der Waals surface area contributed by atoms with Gasteiger partial charge >= 0.3 is 0 Å². The lowest BCUT2D eigenvalue weighted by molar-refractivity contribution is 0.324. The van der Waals surface area contributed by atoms with E-state index in [2.05, 4.69) is 36.0 Å². The normalized spacial score (nSPS) is 17.6. The molecule has 1 aliphatic rings. The average Bonchev–Trinajstić information content (AvgIpc) is 2.89. The van der Waals surface area contributed by atoms with Crippen LogP contribution in [0, 0.1) is 5.92 Å². The smallest absolute Gasteiger partial charge is 0.298 e. The maximum absolute atomic E-state index is 5.86. The van der Waals surface area contributed by atoms with Gasteiger partial charge < -0.3 is 14.6 Å². The standard InChI is InChI=1S/C17H25N3O/c1-17(2,3)18-12-13-8-10-20(11-9-13)16-19-14-6-4-5-7-15(14)21-16/h4-7,13,18H,8-12H2,1-3H3. The third kappa shape index (κ3) is 3.56. The number of hydrogen-bond donors (Lipinski definition) is 1. The second-order valence-corrected chi connectivity index (χ2v) is 7.03. The fourth-order valence-electron chi connectivity index (χ4n) is 2.77. The molecule has 1 aromatic carbocycles. The lowest BCUT2D eigenvalue weighted by atomic mass is 9.96. The van der Waals surface area contributed by atoms with Crippen molar-refractivity contribution in [3.05, 3.63) is 24.3 Å². The Hall–Kier alpha value is -1.55. The maximum Gasteiger partial charge on any atom is 0.298 e. The number of benzene rings is 1. The molecule has 4 heteroatoms. The summed E-state index contributed by atoms with van der Waals surface area (Å²) in [4.78, 5) is 6.86. The van der Waals surface area contributed by atoms with Crippen LogP contribution in [0.15, 0.2) is 28.7 Å². The highest BCUT2D eigenvalue weighted by Crippen LogP contribution is 2.26. The molecule has 1 N–H and O–H groups in total. The molecule has 0 spiro atoms. The molecule has 21 heavy (non-hydrogen) atoms. The molecule has 1 fully saturated rings. The Bertz CT molecular complexity index is 558. The number of para-hydroxylation sites is 2. The summed E-state index contributed by atoms with van der Waals surface area (Å²) in [6.45, 7) is 9.83. The minimum absolute atomic E-state index is 0.206. The molecule has 3 rings (SSSR count). The van der Waals surface area contributed by atoms with Gasteiger partial charge in [-0.1, -0.05) is 12.1 Å². The van der Waals surface area contributed by atoms with Gasteiger partial charge in [-0.25, -0.2) is 0 Å². The molecule has 0 radical (unpaired) electrons. The Morgan fingerprint density at radius 2 is 1.95 bits per heavy atom. The van der Waals surface area contributed by atoms with Crippen molar-refractivity contribution in [2.75, 3.05) is 24.5 Å². The molecular formula is C17H25N3O. The van der Waals surface area contributed by atoms with E-state index in [-0.39, 0.29) is 5.54 Å². The Morgan fingerprint density at radius 1 is 1.24 bits per heavy atom. The molecule has 2 heterocycles. The summed E-state index contributed by atoms with van der Waals surface area (Å²) in [6.07, 6.45) is 2.39. The molecule has 0 amide bonds. The summed E-state index contributed by atoms with van der Waals surface area (Å²) in [7, 11) is 0. The van der Waals surface area contributed by atoms with Gasteiger partial charge in [-0.2, -0.15) is 4.98 Å². The lowest BCUT2D eigenvalue weighted by Crippen LogP contribution is -2.43. The van der Waals surface area contributed by atoms with E-state index in [1.165, 1.54) is 12.8 Å². The highest BCUT2D eigenvalue weighted by atomic mass is 16.4. The van der Waals surface area contributed by atoms with Gasteiger partial charge in [0.2, 0.25) is 0 Å². The molecule has 0 aliphatic carbocycles. The number of oxazole rings is 1. The van der Waals surface area contributed by atoms with Gasteiger partial charge in [0.15, 0.2) is 5.58 Å². The fourth-order valence-corrected chi connectivity index (χ4v) is 2.77. The van der Waals surface area contributed by atoms with Gasteiger partial charge in [-0.15, -0.1) is 0 Å².